The number of nitrogens with zero attached hydrogens (tertiary/aromatic N) is 3. The van der Waals surface area contributed by atoms with Crippen LogP contribution in [0, 0.1) is 11.6 Å². The van der Waals surface area contributed by atoms with Crippen molar-refractivity contribution in [2.24, 2.45) is 0 Å². The molecule has 1 atom stereocenters. The van der Waals surface area contributed by atoms with Crippen LogP contribution in [-0.2, 0) is 4.74 Å². The maximum absolute atomic E-state index is 16.3. The summed E-state index contributed by atoms with van der Waals surface area (Å²) in [6.45, 7) is 3.05. The lowest BCUT2D eigenvalue weighted by atomic mass is 9.91. The van der Waals surface area contributed by atoms with Crippen molar-refractivity contribution < 1.29 is 40.7 Å². The summed E-state index contributed by atoms with van der Waals surface area (Å²) in [5.41, 5.74) is -2.98. The molecule has 2 aliphatic heterocycles. The highest BCUT2D eigenvalue weighted by Gasteiger charge is 2.48. The lowest BCUT2D eigenvalue weighted by molar-refractivity contribution is -0.147. The van der Waals surface area contributed by atoms with E-state index in [0.29, 0.717) is 25.7 Å². The van der Waals surface area contributed by atoms with Crippen molar-refractivity contribution in [3.63, 3.8) is 0 Å². The van der Waals surface area contributed by atoms with E-state index in [0.717, 1.165) is 12.3 Å². The number of benzene rings is 1. The number of nitrogens with one attached hydrogen (secondary N) is 2. The summed E-state index contributed by atoms with van der Waals surface area (Å²) in [6.07, 6.45) is -3.82. The highest BCUT2D eigenvalue weighted by atomic mass is 19.3. The van der Waals surface area contributed by atoms with Gasteiger partial charge >= 0.3 is 6.09 Å². The van der Waals surface area contributed by atoms with Gasteiger partial charge in [0.15, 0.2) is 5.82 Å². The van der Waals surface area contributed by atoms with E-state index < -0.39 is 82.9 Å². The van der Waals surface area contributed by atoms with Crippen LogP contribution < -0.4 is 15.8 Å². The highest BCUT2D eigenvalue weighted by molar-refractivity contribution is 6.07. The summed E-state index contributed by atoms with van der Waals surface area (Å²) in [5, 5.41) is 2.34. The molecule has 2 N–H and O–H groups in total. The summed E-state index contributed by atoms with van der Waals surface area (Å²) in [7, 11) is 1.90. The largest absolute Gasteiger partial charge is 0.446 e. The molecule has 9 nitrogen and oxygen atoms in total. The van der Waals surface area contributed by atoms with Gasteiger partial charge in [-0.25, -0.2) is 31.1 Å². The third-order valence-electron chi connectivity index (χ3n) is 8.28. The van der Waals surface area contributed by atoms with Gasteiger partial charge in [-0.2, -0.15) is 0 Å². The fourth-order valence-electron chi connectivity index (χ4n) is 5.55. The summed E-state index contributed by atoms with van der Waals surface area (Å²) < 4.78 is 90.6. The van der Waals surface area contributed by atoms with Crippen molar-refractivity contribution >= 4 is 28.9 Å². The molecular weight excluding hydrogens is 596 g/mol. The Morgan fingerprint density at radius 2 is 1.86 bits per heavy atom. The van der Waals surface area contributed by atoms with E-state index in [1.165, 1.54) is 11.0 Å². The van der Waals surface area contributed by atoms with Gasteiger partial charge in [-0.05, 0) is 26.0 Å². The Bertz CT molecular complexity index is 1540. The van der Waals surface area contributed by atoms with Crippen molar-refractivity contribution in [2.45, 2.75) is 50.7 Å². The number of H-pyrrole nitrogens is 1. The zero-order valence-corrected chi connectivity index (χ0v) is 23.9. The minimum absolute atomic E-state index is 0.0127. The number of ether oxygens (including phenoxy) is 1. The Morgan fingerprint density at radius 3 is 2.48 bits per heavy atom. The van der Waals surface area contributed by atoms with Gasteiger partial charge in [0.1, 0.15) is 17.6 Å². The zero-order chi connectivity index (χ0) is 31.9. The molecular formula is C29H31F6N5O4. The molecule has 238 valence electrons. The fraction of sp³-hybridized carbons (Fsp3) is 0.483. The van der Waals surface area contributed by atoms with E-state index in [4.69, 9.17) is 4.74 Å². The van der Waals surface area contributed by atoms with Gasteiger partial charge in [0, 0.05) is 75.5 Å². The molecule has 1 saturated heterocycles. The van der Waals surface area contributed by atoms with Crippen LogP contribution in [0.4, 0.5) is 42.5 Å². The highest BCUT2D eigenvalue weighted by Crippen LogP contribution is 2.41. The standard InChI is InChI=1S/C29H31F6N5O4/c1-15-14-40(8-7-38(15)2)21-10-20(30)23(16-3-5-39(6-4-16)28(43)44-17-11-29(34,35)12-17)24(31)25(21)37-27(42)19-13-36-22(41)9-18(19)26(32)33/h3,9-10,13,15,17,26H,4-8,11-12,14H2,1-2H3,(H,36,41)(H,37,42)/t15-/m0/s1. The Hall–Kier alpha value is -4.01. The molecule has 15 heteroatoms. The second-order valence-electron chi connectivity index (χ2n) is 11.3. The molecule has 44 heavy (non-hydrogen) atoms. The number of carbonyl (C=O) groups excluding carboxylic acids is 2. The fourth-order valence-corrected chi connectivity index (χ4v) is 5.55. The van der Waals surface area contributed by atoms with E-state index >= 15 is 8.78 Å². The third kappa shape index (κ3) is 6.42. The molecule has 2 aromatic rings. The van der Waals surface area contributed by atoms with Crippen LogP contribution >= 0.6 is 0 Å². The van der Waals surface area contributed by atoms with Gasteiger partial charge in [-0.15, -0.1) is 0 Å². The van der Waals surface area contributed by atoms with Crippen molar-refractivity contribution in [1.82, 2.24) is 14.8 Å². The number of piperazine rings is 1. The zero-order valence-electron chi connectivity index (χ0n) is 23.9. The molecule has 1 saturated carbocycles. The van der Waals surface area contributed by atoms with Gasteiger partial charge in [0.05, 0.1) is 16.8 Å². The summed E-state index contributed by atoms with van der Waals surface area (Å²) in [6, 6.07) is 1.64. The Morgan fingerprint density at radius 1 is 1.14 bits per heavy atom. The van der Waals surface area contributed by atoms with Crippen molar-refractivity contribution in [3.05, 3.63) is 63.1 Å². The van der Waals surface area contributed by atoms with Crippen LogP contribution in [0.3, 0.4) is 0 Å². The molecule has 3 aliphatic rings. The number of halogens is 6. The quantitative estimate of drug-likeness (QED) is 0.438. The molecule has 2 fully saturated rings. The molecule has 1 aromatic heterocycles. The lowest BCUT2D eigenvalue weighted by Crippen LogP contribution is -2.50. The Kier molecular flexibility index (Phi) is 8.69. The van der Waals surface area contributed by atoms with Gasteiger partial charge < -0.3 is 29.7 Å². The number of carbonyl (C=O) groups is 2. The van der Waals surface area contributed by atoms with Crippen LogP contribution in [0.15, 0.2) is 29.2 Å². The first-order valence-corrected chi connectivity index (χ1v) is 14.1. The monoisotopic (exact) mass is 627 g/mol. The number of likely N-dealkylation sites (N-methyl/N-ethyl adjacent to an activating group) is 1. The average Bonchev–Trinajstić information content (AvgIpc) is 2.95. The van der Waals surface area contributed by atoms with Crippen molar-refractivity contribution in [1.29, 1.82) is 0 Å². The maximum Gasteiger partial charge on any atom is 0.410 e. The Labute approximate surface area is 248 Å². The van der Waals surface area contributed by atoms with Crippen LogP contribution in [0.5, 0.6) is 0 Å². The van der Waals surface area contributed by atoms with Gasteiger partial charge in [0.25, 0.3) is 18.3 Å². The first-order chi connectivity index (χ1) is 20.7. The Balaban J connectivity index is 1.46. The third-order valence-corrected chi connectivity index (χ3v) is 8.28. The molecule has 2 amide bonds. The molecule has 0 spiro atoms. The molecule has 5 rings (SSSR count). The molecule has 0 radical (unpaired) electrons. The van der Waals surface area contributed by atoms with E-state index in [9.17, 15) is 31.9 Å². The number of anilines is 2. The minimum Gasteiger partial charge on any atom is -0.446 e. The first kappa shape index (κ1) is 31.4. The van der Waals surface area contributed by atoms with Gasteiger partial charge in [-0.3, -0.25) is 9.59 Å². The number of amides is 2. The molecule has 3 heterocycles. The SMILES string of the molecule is C[C@H]1CN(c2cc(F)c(C3=CCN(C(=O)OC4CC(F)(F)C4)CC3)c(F)c2NC(=O)c2c[nH]c(=O)cc2C(F)F)CCN1C. The number of pyridine rings is 1. The van der Waals surface area contributed by atoms with Crippen LogP contribution in [0.25, 0.3) is 5.57 Å². The number of aromatic nitrogens is 1. The van der Waals surface area contributed by atoms with E-state index in [1.807, 2.05) is 18.9 Å². The van der Waals surface area contributed by atoms with Gasteiger partial charge in [0.2, 0.25) is 5.56 Å². The number of alkyl halides is 4. The van der Waals surface area contributed by atoms with E-state index in [-0.39, 0.29) is 36.8 Å². The number of hydrogen-bond acceptors (Lipinski definition) is 6. The number of aromatic amines is 1. The topological polar surface area (TPSA) is 98.0 Å². The molecule has 1 aromatic carbocycles. The molecule has 0 unspecified atom stereocenters. The van der Waals surface area contributed by atoms with Crippen LogP contribution in [0.1, 0.15) is 54.1 Å². The van der Waals surface area contributed by atoms with Gasteiger partial charge in [-0.1, -0.05) is 6.08 Å². The van der Waals surface area contributed by atoms with Crippen LogP contribution in [0.2, 0.25) is 0 Å². The predicted octanol–water partition coefficient (Wildman–Crippen LogP) is 5.01. The second kappa shape index (κ2) is 12.2. The van der Waals surface area contributed by atoms with Crippen LogP contribution in [-0.4, -0.2) is 84.6 Å². The summed E-state index contributed by atoms with van der Waals surface area (Å²) in [4.78, 5) is 44.4. The molecule has 0 bridgehead atoms. The van der Waals surface area contributed by atoms with E-state index in [1.54, 1.807) is 4.90 Å². The number of rotatable bonds is 6. The number of hydrogen-bond donors (Lipinski definition) is 2. The van der Waals surface area contributed by atoms with E-state index in [2.05, 4.69) is 10.3 Å². The normalized spacial score (nSPS) is 20.8. The predicted molar refractivity (Wildman–Crippen MR) is 149 cm³/mol. The molecule has 1 aliphatic carbocycles. The average molecular weight is 628 g/mol. The maximum atomic E-state index is 16.3. The van der Waals surface area contributed by atoms with Crippen molar-refractivity contribution in [2.75, 3.05) is 50.0 Å². The minimum atomic E-state index is -3.17. The first-order valence-electron chi connectivity index (χ1n) is 14.1. The smallest absolute Gasteiger partial charge is 0.410 e. The lowest BCUT2D eigenvalue weighted by Gasteiger charge is -2.40. The second-order valence-corrected chi connectivity index (χ2v) is 11.3. The van der Waals surface area contributed by atoms with Crippen molar-refractivity contribution in [3.8, 4) is 0 Å². The summed E-state index contributed by atoms with van der Waals surface area (Å²) >= 11 is 0. The summed E-state index contributed by atoms with van der Waals surface area (Å²) in [5.74, 6) is -6.07.